The summed E-state index contributed by atoms with van der Waals surface area (Å²) in [5.41, 5.74) is 2.47. The van der Waals surface area contributed by atoms with Crippen molar-refractivity contribution in [3.05, 3.63) is 35.4 Å². The molecule has 2 saturated heterocycles. The fourth-order valence-corrected chi connectivity index (χ4v) is 3.02. The highest BCUT2D eigenvalue weighted by Gasteiger charge is 2.34. The van der Waals surface area contributed by atoms with Gasteiger partial charge in [-0.3, -0.25) is 0 Å². The zero-order valence-electron chi connectivity index (χ0n) is 11.4. The molecule has 1 N–H and O–H groups in total. The van der Waals surface area contributed by atoms with Crippen LogP contribution in [0.4, 0.5) is 4.79 Å². The molecule has 2 heterocycles. The Balaban J connectivity index is 1.65. The topological polar surface area (TPSA) is 35.6 Å². The Kier molecular flexibility index (Phi) is 3.42. The molecule has 2 aliphatic heterocycles. The van der Waals surface area contributed by atoms with Gasteiger partial charge in [0.05, 0.1) is 0 Å². The lowest BCUT2D eigenvalue weighted by molar-refractivity contribution is 0.178. The summed E-state index contributed by atoms with van der Waals surface area (Å²) in [5, 5.41) is 3.33. The molecule has 2 aliphatic rings. The van der Waals surface area contributed by atoms with Crippen molar-refractivity contribution in [2.45, 2.75) is 25.9 Å². The van der Waals surface area contributed by atoms with Crippen molar-refractivity contribution in [2.75, 3.05) is 26.2 Å². The number of carbonyl (C=O) groups excluding carboxylic acids is 1. The van der Waals surface area contributed by atoms with Gasteiger partial charge in [-0.2, -0.15) is 0 Å². The second-order valence-corrected chi connectivity index (χ2v) is 5.53. The molecule has 2 amide bonds. The number of hydrogen-bond acceptors (Lipinski definition) is 2. The van der Waals surface area contributed by atoms with E-state index >= 15 is 0 Å². The smallest absolute Gasteiger partial charge is 0.319 e. The third-order valence-electron chi connectivity index (χ3n) is 4.06. The summed E-state index contributed by atoms with van der Waals surface area (Å²) in [6, 6.07) is 9.01. The fraction of sp³-hybridized carbons (Fsp3) is 0.533. The second-order valence-electron chi connectivity index (χ2n) is 5.53. The highest BCUT2D eigenvalue weighted by atomic mass is 16.2. The molecule has 0 unspecified atom stereocenters. The van der Waals surface area contributed by atoms with Crippen molar-refractivity contribution in [3.63, 3.8) is 0 Å². The highest BCUT2D eigenvalue weighted by Crippen LogP contribution is 2.19. The zero-order valence-corrected chi connectivity index (χ0v) is 11.4. The van der Waals surface area contributed by atoms with E-state index in [9.17, 15) is 4.79 Å². The largest absolute Gasteiger partial charge is 0.320 e. The number of benzene rings is 1. The number of nitrogens with zero attached hydrogens (tertiary/aromatic N) is 2. The van der Waals surface area contributed by atoms with Crippen LogP contribution in [0.3, 0.4) is 0 Å². The molecule has 1 aromatic rings. The van der Waals surface area contributed by atoms with E-state index in [-0.39, 0.29) is 6.03 Å². The minimum absolute atomic E-state index is 0.204. The van der Waals surface area contributed by atoms with Crippen molar-refractivity contribution >= 4 is 6.03 Å². The third-order valence-corrected chi connectivity index (χ3v) is 4.06. The van der Waals surface area contributed by atoms with Gasteiger partial charge in [0.1, 0.15) is 0 Å². The van der Waals surface area contributed by atoms with Crippen LogP contribution in [0.5, 0.6) is 0 Å². The van der Waals surface area contributed by atoms with Gasteiger partial charge in [-0.15, -0.1) is 0 Å². The number of amides is 2. The van der Waals surface area contributed by atoms with Gasteiger partial charge in [-0.1, -0.05) is 29.8 Å². The molecule has 0 aliphatic carbocycles. The van der Waals surface area contributed by atoms with E-state index in [2.05, 4.69) is 36.5 Å². The molecule has 0 spiro atoms. The Morgan fingerprint density at radius 3 is 3.00 bits per heavy atom. The summed E-state index contributed by atoms with van der Waals surface area (Å²) < 4.78 is 0. The number of urea groups is 1. The first kappa shape index (κ1) is 12.5. The van der Waals surface area contributed by atoms with Crippen molar-refractivity contribution in [1.29, 1.82) is 0 Å². The van der Waals surface area contributed by atoms with Crippen LogP contribution in [-0.2, 0) is 6.54 Å². The molecule has 2 fully saturated rings. The van der Waals surface area contributed by atoms with E-state index in [1.54, 1.807) is 0 Å². The van der Waals surface area contributed by atoms with Crippen LogP contribution in [0.2, 0.25) is 0 Å². The van der Waals surface area contributed by atoms with Crippen molar-refractivity contribution in [2.24, 2.45) is 0 Å². The van der Waals surface area contributed by atoms with Gasteiger partial charge in [0.2, 0.25) is 0 Å². The molecule has 0 bridgehead atoms. The maximum atomic E-state index is 12.4. The maximum absolute atomic E-state index is 12.4. The molecular formula is C15H21N3O. The monoisotopic (exact) mass is 259 g/mol. The summed E-state index contributed by atoms with van der Waals surface area (Å²) in [6.45, 7) is 6.53. The number of aryl methyl sites for hydroxylation is 1. The Hall–Kier alpha value is -1.55. The third kappa shape index (κ3) is 2.59. The molecule has 4 nitrogen and oxygen atoms in total. The fourth-order valence-electron chi connectivity index (χ4n) is 3.02. The number of hydrogen-bond donors (Lipinski definition) is 1. The van der Waals surface area contributed by atoms with Crippen molar-refractivity contribution < 1.29 is 4.79 Å². The summed E-state index contributed by atoms with van der Waals surface area (Å²) in [7, 11) is 0. The molecule has 3 rings (SSSR count). The average molecular weight is 259 g/mol. The Labute approximate surface area is 114 Å². The quantitative estimate of drug-likeness (QED) is 0.895. The molecule has 0 saturated carbocycles. The Morgan fingerprint density at radius 1 is 1.37 bits per heavy atom. The van der Waals surface area contributed by atoms with E-state index in [1.165, 1.54) is 11.1 Å². The van der Waals surface area contributed by atoms with Gasteiger partial charge in [0, 0.05) is 32.2 Å². The molecule has 1 aromatic carbocycles. The van der Waals surface area contributed by atoms with E-state index < -0.39 is 0 Å². The molecule has 1 atom stereocenters. The summed E-state index contributed by atoms with van der Waals surface area (Å²) in [5.74, 6) is 0. The van der Waals surface area contributed by atoms with Crippen LogP contribution >= 0.6 is 0 Å². The first-order valence-corrected chi connectivity index (χ1v) is 7.06. The Bertz CT molecular complexity index is 468. The van der Waals surface area contributed by atoms with E-state index in [0.717, 1.165) is 39.1 Å². The predicted molar refractivity (Wildman–Crippen MR) is 75.0 cm³/mol. The zero-order chi connectivity index (χ0) is 13.2. The summed E-state index contributed by atoms with van der Waals surface area (Å²) >= 11 is 0. The van der Waals surface area contributed by atoms with Crippen LogP contribution in [0.15, 0.2) is 24.3 Å². The van der Waals surface area contributed by atoms with Crippen LogP contribution in [0.25, 0.3) is 0 Å². The normalized spacial score (nSPS) is 23.4. The molecule has 4 heteroatoms. The van der Waals surface area contributed by atoms with E-state index in [4.69, 9.17) is 0 Å². The Morgan fingerprint density at radius 2 is 2.26 bits per heavy atom. The molecular weight excluding hydrogens is 238 g/mol. The van der Waals surface area contributed by atoms with Gasteiger partial charge >= 0.3 is 6.03 Å². The van der Waals surface area contributed by atoms with Gasteiger partial charge < -0.3 is 15.1 Å². The van der Waals surface area contributed by atoms with Crippen LogP contribution in [0, 0.1) is 6.92 Å². The minimum atomic E-state index is 0.204. The lowest BCUT2D eigenvalue weighted by atomic mass is 10.1. The average Bonchev–Trinajstić information content (AvgIpc) is 3.01. The maximum Gasteiger partial charge on any atom is 0.320 e. The lowest BCUT2D eigenvalue weighted by Gasteiger charge is -2.23. The first-order chi connectivity index (χ1) is 9.24. The molecule has 0 aromatic heterocycles. The minimum Gasteiger partial charge on any atom is -0.319 e. The summed E-state index contributed by atoms with van der Waals surface area (Å²) in [4.78, 5) is 16.4. The SMILES string of the molecule is Cc1cccc(CN2CCN([C@H]3CCNC3)C2=O)c1. The van der Waals surface area contributed by atoms with Gasteiger partial charge in [-0.05, 0) is 25.5 Å². The predicted octanol–water partition coefficient (Wildman–Crippen LogP) is 1.59. The van der Waals surface area contributed by atoms with Crippen LogP contribution in [0.1, 0.15) is 17.5 Å². The highest BCUT2D eigenvalue weighted by molar-refractivity contribution is 5.77. The van der Waals surface area contributed by atoms with Crippen molar-refractivity contribution in [3.8, 4) is 0 Å². The summed E-state index contributed by atoms with van der Waals surface area (Å²) in [6.07, 6.45) is 1.09. The van der Waals surface area contributed by atoms with Crippen molar-refractivity contribution in [1.82, 2.24) is 15.1 Å². The first-order valence-electron chi connectivity index (χ1n) is 7.06. The standard InChI is InChI=1S/C15H21N3O/c1-12-3-2-4-13(9-12)11-17-7-8-18(15(17)19)14-5-6-16-10-14/h2-4,9,14,16H,5-8,10-11H2,1H3/t14-/m0/s1. The number of rotatable bonds is 3. The number of carbonyl (C=O) groups is 1. The second kappa shape index (κ2) is 5.21. The van der Waals surface area contributed by atoms with Gasteiger partial charge in [0.25, 0.3) is 0 Å². The van der Waals surface area contributed by atoms with Crippen LogP contribution in [-0.4, -0.2) is 48.1 Å². The molecule has 0 radical (unpaired) electrons. The van der Waals surface area contributed by atoms with E-state index in [1.807, 2.05) is 9.80 Å². The van der Waals surface area contributed by atoms with Gasteiger partial charge in [-0.25, -0.2) is 4.79 Å². The number of nitrogens with one attached hydrogen (secondary N) is 1. The molecule has 19 heavy (non-hydrogen) atoms. The lowest BCUT2D eigenvalue weighted by Crippen LogP contribution is -2.40. The van der Waals surface area contributed by atoms with Crippen LogP contribution < -0.4 is 5.32 Å². The van der Waals surface area contributed by atoms with E-state index in [0.29, 0.717) is 6.04 Å². The van der Waals surface area contributed by atoms with Gasteiger partial charge in [0.15, 0.2) is 0 Å². The molecule has 102 valence electrons.